The van der Waals surface area contributed by atoms with Crippen molar-refractivity contribution in [3.8, 4) is 0 Å². The summed E-state index contributed by atoms with van der Waals surface area (Å²) < 4.78 is 0. The number of hydrogen-bond donors (Lipinski definition) is 1. The quantitative estimate of drug-likeness (QED) is 0.758. The van der Waals surface area contributed by atoms with Crippen molar-refractivity contribution in [1.82, 2.24) is 10.4 Å². The lowest BCUT2D eigenvalue weighted by molar-refractivity contribution is -0.134. The summed E-state index contributed by atoms with van der Waals surface area (Å²) >= 11 is 0. The van der Waals surface area contributed by atoms with Gasteiger partial charge in [0, 0.05) is 25.7 Å². The molecular weight excluding hydrogens is 258 g/mol. The molecule has 3 aliphatic heterocycles. The summed E-state index contributed by atoms with van der Waals surface area (Å²) in [7, 11) is 0. The standard InChI is InChI=1S/C14H13N3O3/c18-11-5-7-14-8-6-12(19)16(14)10-4-2-1-3-9(10)13(20)17(14)15-11/h1-4H,5-8H2,(H,15,18). The molecule has 102 valence electrons. The van der Waals surface area contributed by atoms with Gasteiger partial charge in [0.1, 0.15) is 5.66 Å². The van der Waals surface area contributed by atoms with Crippen molar-refractivity contribution in [3.63, 3.8) is 0 Å². The molecule has 0 aliphatic carbocycles. The lowest BCUT2D eigenvalue weighted by atomic mass is 9.92. The number of nitrogens with one attached hydrogen (secondary N) is 1. The molecule has 2 fully saturated rings. The van der Waals surface area contributed by atoms with Gasteiger partial charge in [-0.1, -0.05) is 12.1 Å². The highest BCUT2D eigenvalue weighted by Gasteiger charge is 2.58. The number of nitrogens with zero attached hydrogens (tertiary/aromatic N) is 2. The lowest BCUT2D eigenvalue weighted by Crippen LogP contribution is -2.71. The summed E-state index contributed by atoms with van der Waals surface area (Å²) in [6, 6.07) is 7.07. The molecule has 3 amide bonds. The maximum Gasteiger partial charge on any atom is 0.276 e. The molecule has 1 aromatic carbocycles. The smallest absolute Gasteiger partial charge is 0.276 e. The van der Waals surface area contributed by atoms with Gasteiger partial charge < -0.3 is 0 Å². The van der Waals surface area contributed by atoms with Crippen LogP contribution in [0.4, 0.5) is 5.69 Å². The highest BCUT2D eigenvalue weighted by atomic mass is 16.2. The first-order valence-corrected chi connectivity index (χ1v) is 6.70. The monoisotopic (exact) mass is 271 g/mol. The third-order valence-electron chi connectivity index (χ3n) is 4.39. The first kappa shape index (κ1) is 11.5. The molecule has 0 bridgehead atoms. The van der Waals surface area contributed by atoms with Crippen LogP contribution in [0.2, 0.25) is 0 Å². The van der Waals surface area contributed by atoms with Gasteiger partial charge in [-0.3, -0.25) is 24.7 Å². The van der Waals surface area contributed by atoms with Gasteiger partial charge in [0.05, 0.1) is 11.3 Å². The van der Waals surface area contributed by atoms with Gasteiger partial charge in [-0.2, -0.15) is 0 Å². The van der Waals surface area contributed by atoms with Crippen LogP contribution in [0.25, 0.3) is 0 Å². The van der Waals surface area contributed by atoms with Gasteiger partial charge in [-0.05, 0) is 12.1 Å². The van der Waals surface area contributed by atoms with E-state index in [0.717, 1.165) is 0 Å². The molecule has 0 aromatic heterocycles. The first-order chi connectivity index (χ1) is 9.63. The molecule has 1 N–H and O–H groups in total. The third kappa shape index (κ3) is 1.21. The van der Waals surface area contributed by atoms with E-state index >= 15 is 0 Å². The van der Waals surface area contributed by atoms with Crippen molar-refractivity contribution in [2.24, 2.45) is 0 Å². The van der Waals surface area contributed by atoms with E-state index in [-0.39, 0.29) is 17.7 Å². The van der Waals surface area contributed by atoms with Crippen molar-refractivity contribution in [2.75, 3.05) is 4.90 Å². The molecule has 3 aliphatic rings. The van der Waals surface area contributed by atoms with Gasteiger partial charge in [0.2, 0.25) is 11.8 Å². The fourth-order valence-electron chi connectivity index (χ4n) is 3.49. The largest absolute Gasteiger partial charge is 0.286 e. The number of rotatable bonds is 0. The Kier molecular flexibility index (Phi) is 2.06. The first-order valence-electron chi connectivity index (χ1n) is 6.70. The van der Waals surface area contributed by atoms with Crippen molar-refractivity contribution in [1.29, 1.82) is 0 Å². The molecule has 2 saturated heterocycles. The Bertz CT molecular complexity index is 657. The molecule has 1 aromatic rings. The number of carbonyl (C=O) groups excluding carboxylic acids is 3. The Morgan fingerprint density at radius 1 is 1.05 bits per heavy atom. The zero-order valence-corrected chi connectivity index (χ0v) is 10.8. The number of hydrazine groups is 1. The van der Waals surface area contributed by atoms with Crippen molar-refractivity contribution >= 4 is 23.4 Å². The second-order valence-corrected chi connectivity index (χ2v) is 5.40. The number of hydrogen-bond acceptors (Lipinski definition) is 3. The molecule has 0 radical (unpaired) electrons. The van der Waals surface area contributed by atoms with Gasteiger partial charge >= 0.3 is 0 Å². The Labute approximate surface area is 115 Å². The normalized spacial score (nSPS) is 27.9. The van der Waals surface area contributed by atoms with Gasteiger partial charge in [0.25, 0.3) is 5.91 Å². The molecule has 3 heterocycles. The summed E-state index contributed by atoms with van der Waals surface area (Å²) in [6.07, 6.45) is 1.78. The molecule has 1 unspecified atom stereocenters. The van der Waals surface area contributed by atoms with Crippen LogP contribution in [0.3, 0.4) is 0 Å². The van der Waals surface area contributed by atoms with Crippen LogP contribution in [0, 0.1) is 0 Å². The third-order valence-corrected chi connectivity index (χ3v) is 4.39. The van der Waals surface area contributed by atoms with Crippen LogP contribution in [0.5, 0.6) is 0 Å². The van der Waals surface area contributed by atoms with Crippen LogP contribution in [-0.2, 0) is 9.59 Å². The fraction of sp³-hybridized carbons (Fsp3) is 0.357. The number of anilines is 1. The van der Waals surface area contributed by atoms with E-state index in [1.54, 1.807) is 23.1 Å². The Balaban J connectivity index is 1.96. The lowest BCUT2D eigenvalue weighted by Gasteiger charge is -2.52. The highest BCUT2D eigenvalue weighted by molar-refractivity contribution is 6.11. The summed E-state index contributed by atoms with van der Waals surface area (Å²) in [6.45, 7) is 0. The molecule has 20 heavy (non-hydrogen) atoms. The molecule has 1 spiro atoms. The van der Waals surface area contributed by atoms with E-state index in [1.807, 2.05) is 6.07 Å². The Hall–Kier alpha value is -2.37. The minimum Gasteiger partial charge on any atom is -0.286 e. The van der Waals surface area contributed by atoms with Crippen LogP contribution in [-0.4, -0.2) is 28.4 Å². The summed E-state index contributed by atoms with van der Waals surface area (Å²) in [5.74, 6) is -0.409. The molecule has 6 heteroatoms. The van der Waals surface area contributed by atoms with Gasteiger partial charge in [-0.15, -0.1) is 0 Å². The number of carbonyl (C=O) groups is 3. The number of amides is 3. The topological polar surface area (TPSA) is 69.7 Å². The van der Waals surface area contributed by atoms with Crippen LogP contribution >= 0.6 is 0 Å². The minimum atomic E-state index is -0.712. The minimum absolute atomic E-state index is 0.00565. The average molecular weight is 271 g/mol. The van der Waals surface area contributed by atoms with Gasteiger partial charge in [-0.25, -0.2) is 5.01 Å². The number of fused-ring (bicyclic) bond motifs is 2. The van der Waals surface area contributed by atoms with E-state index in [4.69, 9.17) is 0 Å². The van der Waals surface area contributed by atoms with E-state index in [1.165, 1.54) is 5.01 Å². The van der Waals surface area contributed by atoms with E-state index < -0.39 is 5.66 Å². The van der Waals surface area contributed by atoms with E-state index in [2.05, 4.69) is 5.43 Å². The van der Waals surface area contributed by atoms with Crippen LogP contribution in [0.15, 0.2) is 24.3 Å². The van der Waals surface area contributed by atoms with E-state index in [0.29, 0.717) is 36.9 Å². The number of benzene rings is 1. The summed E-state index contributed by atoms with van der Waals surface area (Å²) in [4.78, 5) is 38.2. The van der Waals surface area contributed by atoms with Crippen molar-refractivity contribution < 1.29 is 14.4 Å². The van der Waals surface area contributed by atoms with Crippen molar-refractivity contribution in [3.05, 3.63) is 29.8 Å². The average Bonchev–Trinajstić information content (AvgIpc) is 2.79. The van der Waals surface area contributed by atoms with Crippen LogP contribution in [0.1, 0.15) is 36.0 Å². The highest BCUT2D eigenvalue weighted by Crippen LogP contribution is 2.46. The SMILES string of the molecule is O=C1CCC23CCC(=O)N2c2ccccc2C(=O)N3N1. The summed E-state index contributed by atoms with van der Waals surface area (Å²) in [5.41, 5.74) is 3.05. The Morgan fingerprint density at radius 3 is 2.65 bits per heavy atom. The fourth-order valence-corrected chi connectivity index (χ4v) is 3.49. The molecular formula is C14H13N3O3. The molecule has 1 atom stereocenters. The van der Waals surface area contributed by atoms with Crippen molar-refractivity contribution in [2.45, 2.75) is 31.3 Å². The van der Waals surface area contributed by atoms with Gasteiger partial charge in [0.15, 0.2) is 0 Å². The maximum atomic E-state index is 12.6. The zero-order valence-electron chi connectivity index (χ0n) is 10.8. The number of para-hydroxylation sites is 1. The predicted molar refractivity (Wildman–Crippen MR) is 69.4 cm³/mol. The summed E-state index contributed by atoms with van der Waals surface area (Å²) in [5, 5.41) is 1.37. The Morgan fingerprint density at radius 2 is 1.80 bits per heavy atom. The molecule has 4 rings (SSSR count). The van der Waals surface area contributed by atoms with Crippen LogP contribution < -0.4 is 10.3 Å². The predicted octanol–water partition coefficient (Wildman–Crippen LogP) is 0.790. The van der Waals surface area contributed by atoms with E-state index in [9.17, 15) is 14.4 Å². The maximum absolute atomic E-state index is 12.6. The zero-order chi connectivity index (χ0) is 13.9. The molecule has 0 saturated carbocycles. The second-order valence-electron chi connectivity index (χ2n) is 5.40. The molecule has 6 nitrogen and oxygen atoms in total. The second kappa shape index (κ2) is 3.59.